The van der Waals surface area contributed by atoms with Crippen molar-refractivity contribution in [2.75, 3.05) is 7.11 Å². The molecule has 0 amide bonds. The van der Waals surface area contributed by atoms with Gasteiger partial charge in [0.15, 0.2) is 0 Å². The van der Waals surface area contributed by atoms with Crippen LogP contribution in [-0.2, 0) is 6.42 Å². The van der Waals surface area contributed by atoms with Gasteiger partial charge < -0.3 is 9.47 Å². The van der Waals surface area contributed by atoms with E-state index in [9.17, 15) is 5.26 Å². The van der Waals surface area contributed by atoms with E-state index in [1.54, 1.807) is 7.11 Å². The third-order valence-electron chi connectivity index (χ3n) is 5.38. The number of ether oxygens (including phenoxy) is 2. The number of benzene rings is 3. The Labute approximate surface area is 157 Å². The fourth-order valence-electron chi connectivity index (χ4n) is 4.14. The van der Waals surface area contributed by atoms with Gasteiger partial charge in [-0.15, -0.1) is 0 Å². The van der Waals surface area contributed by atoms with Gasteiger partial charge in [0.2, 0.25) is 0 Å². The highest BCUT2D eigenvalue weighted by atomic mass is 16.5. The number of rotatable bonds is 1. The summed E-state index contributed by atoms with van der Waals surface area (Å²) in [7, 11) is 1.67. The van der Waals surface area contributed by atoms with Crippen LogP contribution in [0.5, 0.6) is 11.5 Å². The van der Waals surface area contributed by atoms with E-state index in [0.717, 1.165) is 46.2 Å². The molecule has 0 saturated carbocycles. The molecule has 0 N–H and O–H groups in total. The van der Waals surface area contributed by atoms with Gasteiger partial charge in [-0.2, -0.15) is 5.26 Å². The maximum Gasteiger partial charge on any atom is 0.143 e. The summed E-state index contributed by atoms with van der Waals surface area (Å²) >= 11 is 0. The molecule has 2 aliphatic rings. The number of nitriles is 1. The molecule has 0 spiro atoms. The highest BCUT2D eigenvalue weighted by molar-refractivity contribution is 6.00. The molecule has 5 rings (SSSR count). The zero-order chi connectivity index (χ0) is 18.4. The molecule has 0 unspecified atom stereocenters. The first kappa shape index (κ1) is 15.7. The van der Waals surface area contributed by atoms with Crippen LogP contribution in [0.25, 0.3) is 16.3 Å². The maximum atomic E-state index is 9.29. The van der Waals surface area contributed by atoms with Gasteiger partial charge in [-0.3, -0.25) is 0 Å². The molecule has 130 valence electrons. The predicted molar refractivity (Wildman–Crippen MR) is 106 cm³/mol. The van der Waals surface area contributed by atoms with Crippen molar-refractivity contribution in [3.05, 3.63) is 88.7 Å². The van der Waals surface area contributed by atoms with Crippen LogP contribution in [0.3, 0.4) is 0 Å². The number of nitrogens with zero attached hydrogens (tertiary/aromatic N) is 1. The molecule has 0 aromatic heterocycles. The fourth-order valence-corrected chi connectivity index (χ4v) is 4.14. The minimum absolute atomic E-state index is 0.665. The van der Waals surface area contributed by atoms with Gasteiger partial charge in [0.1, 0.15) is 17.3 Å². The minimum Gasteiger partial charge on any atom is -0.497 e. The maximum absolute atomic E-state index is 9.29. The summed E-state index contributed by atoms with van der Waals surface area (Å²) < 4.78 is 11.6. The third-order valence-corrected chi connectivity index (χ3v) is 5.38. The molecule has 0 fully saturated rings. The number of hydrogen-bond donors (Lipinski definition) is 0. The van der Waals surface area contributed by atoms with Gasteiger partial charge in [-0.1, -0.05) is 30.3 Å². The van der Waals surface area contributed by atoms with E-state index in [4.69, 9.17) is 9.47 Å². The summed E-state index contributed by atoms with van der Waals surface area (Å²) in [6.07, 6.45) is 3.36. The number of fused-ring (bicyclic) bond motifs is 6. The largest absolute Gasteiger partial charge is 0.497 e. The SMILES string of the molecule is COc1ccc2c3c(ccc2c1)C1=C(CCc2ccccc21)/C(=C/C#N)O3. The van der Waals surface area contributed by atoms with Crippen LogP contribution in [0, 0.1) is 11.3 Å². The highest BCUT2D eigenvalue weighted by Crippen LogP contribution is 2.48. The molecule has 1 aliphatic carbocycles. The lowest BCUT2D eigenvalue weighted by molar-refractivity contribution is 0.415. The zero-order valence-corrected chi connectivity index (χ0v) is 15.0. The second-order valence-electron chi connectivity index (χ2n) is 6.78. The van der Waals surface area contributed by atoms with Crippen molar-refractivity contribution in [1.82, 2.24) is 0 Å². The Kier molecular flexibility index (Phi) is 3.51. The Balaban J connectivity index is 1.84. The number of allylic oxidation sites excluding steroid dienone is 2. The van der Waals surface area contributed by atoms with E-state index in [1.807, 2.05) is 18.2 Å². The summed E-state index contributed by atoms with van der Waals surface area (Å²) in [5.41, 5.74) is 5.98. The molecule has 3 heteroatoms. The Bertz CT molecular complexity index is 1190. The van der Waals surface area contributed by atoms with Crippen molar-refractivity contribution in [2.45, 2.75) is 12.8 Å². The lowest BCUT2D eigenvalue weighted by Crippen LogP contribution is -2.16. The molecule has 3 nitrogen and oxygen atoms in total. The first-order valence-electron chi connectivity index (χ1n) is 9.00. The van der Waals surface area contributed by atoms with Gasteiger partial charge in [0.05, 0.1) is 19.3 Å². The molecular formula is C24H17NO2. The molecule has 1 aliphatic heterocycles. The van der Waals surface area contributed by atoms with Crippen LogP contribution in [0.1, 0.15) is 23.1 Å². The molecule has 1 heterocycles. The molecule has 0 saturated heterocycles. The van der Waals surface area contributed by atoms with Crippen molar-refractivity contribution in [3.8, 4) is 17.6 Å². The van der Waals surface area contributed by atoms with Crippen LogP contribution >= 0.6 is 0 Å². The average molecular weight is 351 g/mol. The summed E-state index contributed by atoms with van der Waals surface area (Å²) in [5.74, 6) is 2.29. The molecule has 0 radical (unpaired) electrons. The van der Waals surface area contributed by atoms with Crippen molar-refractivity contribution < 1.29 is 9.47 Å². The number of hydrogen-bond acceptors (Lipinski definition) is 3. The van der Waals surface area contributed by atoms with E-state index in [2.05, 4.69) is 42.5 Å². The topological polar surface area (TPSA) is 42.2 Å². The smallest absolute Gasteiger partial charge is 0.143 e. The zero-order valence-electron chi connectivity index (χ0n) is 15.0. The molecule has 0 atom stereocenters. The standard InChI is InChI=1S/C24H17NO2/c1-26-17-8-11-19-16(14-17)7-10-21-23-18-5-3-2-4-15(18)6-9-20(23)22(12-13-25)27-24(19)21/h2-5,7-8,10-12,14H,6,9H2,1H3/b22-12-. The second kappa shape index (κ2) is 6.03. The normalized spacial score (nSPS) is 16.2. The number of methoxy groups -OCH3 is 1. The second-order valence-corrected chi connectivity index (χ2v) is 6.78. The van der Waals surface area contributed by atoms with Gasteiger partial charge in [0.25, 0.3) is 0 Å². The van der Waals surface area contributed by atoms with Crippen molar-refractivity contribution in [3.63, 3.8) is 0 Å². The van der Waals surface area contributed by atoms with Gasteiger partial charge in [-0.25, -0.2) is 0 Å². The third kappa shape index (κ3) is 2.34. The van der Waals surface area contributed by atoms with Gasteiger partial charge in [-0.05, 0) is 59.2 Å². The average Bonchev–Trinajstić information content (AvgIpc) is 2.73. The molecule has 3 aromatic carbocycles. The monoisotopic (exact) mass is 351 g/mol. The van der Waals surface area contributed by atoms with Gasteiger partial charge >= 0.3 is 0 Å². The molecule has 3 aromatic rings. The molecule has 0 bridgehead atoms. The van der Waals surface area contributed by atoms with Gasteiger partial charge in [0, 0.05) is 16.5 Å². The first-order chi connectivity index (χ1) is 13.3. The van der Waals surface area contributed by atoms with Crippen molar-refractivity contribution in [1.29, 1.82) is 5.26 Å². The van der Waals surface area contributed by atoms with Crippen LogP contribution in [-0.4, -0.2) is 7.11 Å². The summed E-state index contributed by atoms with van der Waals surface area (Å²) in [5, 5.41) is 11.4. The Morgan fingerprint density at radius 1 is 1.04 bits per heavy atom. The van der Waals surface area contributed by atoms with Crippen LogP contribution in [0.4, 0.5) is 0 Å². The Morgan fingerprint density at radius 2 is 1.93 bits per heavy atom. The van der Waals surface area contributed by atoms with E-state index < -0.39 is 0 Å². The first-order valence-corrected chi connectivity index (χ1v) is 9.00. The summed E-state index contributed by atoms with van der Waals surface area (Å²) in [6, 6.07) is 20.9. The van der Waals surface area contributed by atoms with Crippen molar-refractivity contribution in [2.24, 2.45) is 0 Å². The quantitative estimate of drug-likeness (QED) is 0.552. The highest BCUT2D eigenvalue weighted by Gasteiger charge is 2.30. The Morgan fingerprint density at radius 3 is 2.78 bits per heavy atom. The number of aryl methyl sites for hydroxylation is 1. The Hall–Kier alpha value is -3.51. The van der Waals surface area contributed by atoms with E-state index in [-0.39, 0.29) is 0 Å². The minimum atomic E-state index is 0.665. The van der Waals surface area contributed by atoms with Crippen LogP contribution in [0.15, 0.2) is 72.0 Å². The van der Waals surface area contributed by atoms with E-state index >= 15 is 0 Å². The predicted octanol–water partition coefficient (Wildman–Crippen LogP) is 5.40. The van der Waals surface area contributed by atoms with E-state index in [0.29, 0.717) is 5.76 Å². The summed E-state index contributed by atoms with van der Waals surface area (Å²) in [6.45, 7) is 0. The lowest BCUT2D eigenvalue weighted by Gasteiger charge is -2.31. The van der Waals surface area contributed by atoms with Crippen LogP contribution < -0.4 is 9.47 Å². The molecular weight excluding hydrogens is 334 g/mol. The fraction of sp³-hybridized carbons (Fsp3) is 0.125. The lowest BCUT2D eigenvalue weighted by atomic mass is 9.79. The van der Waals surface area contributed by atoms with Crippen molar-refractivity contribution >= 4 is 16.3 Å². The molecule has 27 heavy (non-hydrogen) atoms. The summed E-state index contributed by atoms with van der Waals surface area (Å²) in [4.78, 5) is 0. The van der Waals surface area contributed by atoms with Crippen LogP contribution in [0.2, 0.25) is 0 Å². The van der Waals surface area contributed by atoms with E-state index in [1.165, 1.54) is 22.8 Å².